The second-order valence-electron chi connectivity index (χ2n) is 3.24. The van der Waals surface area contributed by atoms with Crippen molar-refractivity contribution in [1.29, 1.82) is 0 Å². The molecule has 0 spiro atoms. The molecule has 0 aliphatic rings. The van der Waals surface area contributed by atoms with Crippen LogP contribution in [-0.4, -0.2) is 28.6 Å². The molecule has 1 aromatic rings. The number of nitrogens with one attached hydrogen (secondary N) is 1. The van der Waals surface area contributed by atoms with Gasteiger partial charge in [0.1, 0.15) is 0 Å². The van der Waals surface area contributed by atoms with Crippen LogP contribution in [0.25, 0.3) is 0 Å². The fourth-order valence-electron chi connectivity index (χ4n) is 1.11. The molecule has 2 N–H and O–H groups in total. The van der Waals surface area contributed by atoms with E-state index in [1.54, 1.807) is 6.07 Å². The van der Waals surface area contributed by atoms with Crippen molar-refractivity contribution in [2.24, 2.45) is 0 Å². The van der Waals surface area contributed by atoms with Crippen molar-refractivity contribution >= 4 is 17.5 Å². The lowest BCUT2D eigenvalue weighted by Gasteiger charge is -2.12. The van der Waals surface area contributed by atoms with Crippen LogP contribution in [0, 0.1) is 0 Å². The molecule has 0 fully saturated rings. The molecule has 0 saturated heterocycles. The van der Waals surface area contributed by atoms with Gasteiger partial charge in [-0.2, -0.15) is 0 Å². The molecule has 1 rings (SSSR count). The standard InChI is InChI=1S/C10H13ClN2O2/c1-7(3-5-14)13-10(15)8-6-12-4-2-9(8)11/h2,4,6-7,14H,3,5H2,1H3,(H,13,15). The zero-order valence-corrected chi connectivity index (χ0v) is 9.16. The van der Waals surface area contributed by atoms with Crippen molar-refractivity contribution in [3.63, 3.8) is 0 Å². The Hall–Kier alpha value is -1.13. The number of nitrogens with zero attached hydrogens (tertiary/aromatic N) is 1. The van der Waals surface area contributed by atoms with E-state index < -0.39 is 0 Å². The van der Waals surface area contributed by atoms with E-state index in [0.717, 1.165) is 0 Å². The number of aliphatic hydroxyl groups is 1. The molecular weight excluding hydrogens is 216 g/mol. The molecule has 0 aliphatic heterocycles. The van der Waals surface area contributed by atoms with E-state index in [0.29, 0.717) is 17.0 Å². The van der Waals surface area contributed by atoms with Crippen LogP contribution in [0.15, 0.2) is 18.5 Å². The number of carbonyl (C=O) groups is 1. The van der Waals surface area contributed by atoms with E-state index in [-0.39, 0.29) is 18.6 Å². The van der Waals surface area contributed by atoms with Crippen molar-refractivity contribution in [2.75, 3.05) is 6.61 Å². The van der Waals surface area contributed by atoms with Gasteiger partial charge < -0.3 is 10.4 Å². The summed E-state index contributed by atoms with van der Waals surface area (Å²) in [5, 5.41) is 11.8. The summed E-state index contributed by atoms with van der Waals surface area (Å²) >= 11 is 5.83. The molecule has 0 bridgehead atoms. The van der Waals surface area contributed by atoms with Crippen molar-refractivity contribution in [3.05, 3.63) is 29.0 Å². The minimum atomic E-state index is -0.269. The lowest BCUT2D eigenvalue weighted by atomic mass is 10.2. The van der Waals surface area contributed by atoms with Gasteiger partial charge in [-0.05, 0) is 19.4 Å². The maximum Gasteiger partial charge on any atom is 0.254 e. The minimum absolute atomic E-state index is 0.0439. The van der Waals surface area contributed by atoms with Crippen LogP contribution in [0.5, 0.6) is 0 Å². The number of halogens is 1. The van der Waals surface area contributed by atoms with Gasteiger partial charge in [0.05, 0.1) is 10.6 Å². The molecule has 1 heterocycles. The number of hydrogen-bond donors (Lipinski definition) is 2. The predicted molar refractivity (Wildman–Crippen MR) is 57.9 cm³/mol. The smallest absolute Gasteiger partial charge is 0.254 e. The summed E-state index contributed by atoms with van der Waals surface area (Å²) in [5.74, 6) is -0.269. The number of aromatic nitrogens is 1. The number of pyridine rings is 1. The van der Waals surface area contributed by atoms with Gasteiger partial charge in [0.25, 0.3) is 5.91 Å². The Bertz CT molecular complexity index is 344. The third-order valence-electron chi connectivity index (χ3n) is 1.95. The fraction of sp³-hybridized carbons (Fsp3) is 0.400. The number of hydrogen-bond acceptors (Lipinski definition) is 3. The highest BCUT2D eigenvalue weighted by atomic mass is 35.5. The molecule has 0 aliphatic carbocycles. The summed E-state index contributed by atoms with van der Waals surface area (Å²) < 4.78 is 0. The molecule has 1 amide bonds. The Balaban J connectivity index is 2.65. The minimum Gasteiger partial charge on any atom is -0.396 e. The monoisotopic (exact) mass is 228 g/mol. The van der Waals surface area contributed by atoms with Gasteiger partial charge in [-0.25, -0.2) is 0 Å². The van der Waals surface area contributed by atoms with Gasteiger partial charge in [-0.15, -0.1) is 0 Å². The van der Waals surface area contributed by atoms with Crippen LogP contribution in [0.2, 0.25) is 5.02 Å². The average Bonchev–Trinajstić information content (AvgIpc) is 2.18. The van der Waals surface area contributed by atoms with Gasteiger partial charge in [0.2, 0.25) is 0 Å². The third-order valence-corrected chi connectivity index (χ3v) is 2.28. The summed E-state index contributed by atoms with van der Waals surface area (Å²) in [5.41, 5.74) is 0.351. The molecule has 15 heavy (non-hydrogen) atoms. The Labute approximate surface area is 93.3 Å². The van der Waals surface area contributed by atoms with E-state index in [4.69, 9.17) is 16.7 Å². The average molecular weight is 229 g/mol. The van der Waals surface area contributed by atoms with Crippen molar-refractivity contribution < 1.29 is 9.90 Å². The van der Waals surface area contributed by atoms with E-state index in [9.17, 15) is 4.79 Å². The maximum atomic E-state index is 11.6. The maximum absolute atomic E-state index is 11.6. The lowest BCUT2D eigenvalue weighted by Crippen LogP contribution is -2.33. The Morgan fingerprint density at radius 3 is 3.07 bits per heavy atom. The Morgan fingerprint density at radius 2 is 2.47 bits per heavy atom. The normalized spacial score (nSPS) is 12.2. The highest BCUT2D eigenvalue weighted by Gasteiger charge is 2.12. The zero-order valence-electron chi connectivity index (χ0n) is 8.40. The van der Waals surface area contributed by atoms with Gasteiger partial charge in [-0.3, -0.25) is 9.78 Å². The summed E-state index contributed by atoms with van der Waals surface area (Å²) in [7, 11) is 0. The molecule has 1 unspecified atom stereocenters. The lowest BCUT2D eigenvalue weighted by molar-refractivity contribution is 0.0934. The van der Waals surface area contributed by atoms with E-state index in [1.165, 1.54) is 12.4 Å². The highest BCUT2D eigenvalue weighted by Crippen LogP contribution is 2.13. The third kappa shape index (κ3) is 3.49. The highest BCUT2D eigenvalue weighted by molar-refractivity contribution is 6.33. The van der Waals surface area contributed by atoms with E-state index in [2.05, 4.69) is 10.3 Å². The Kier molecular flexibility index (Phi) is 4.52. The molecule has 5 heteroatoms. The molecule has 4 nitrogen and oxygen atoms in total. The van der Waals surface area contributed by atoms with Gasteiger partial charge in [0.15, 0.2) is 0 Å². The predicted octanol–water partition coefficient (Wildman–Crippen LogP) is 1.24. The fourth-order valence-corrected chi connectivity index (χ4v) is 1.30. The van der Waals surface area contributed by atoms with Crippen LogP contribution in [0.4, 0.5) is 0 Å². The van der Waals surface area contributed by atoms with Gasteiger partial charge >= 0.3 is 0 Å². The van der Waals surface area contributed by atoms with Crippen LogP contribution in [0.1, 0.15) is 23.7 Å². The zero-order chi connectivity index (χ0) is 11.3. The Morgan fingerprint density at radius 1 is 1.73 bits per heavy atom. The first kappa shape index (κ1) is 11.9. The van der Waals surface area contributed by atoms with Gasteiger partial charge in [0, 0.05) is 25.0 Å². The molecule has 0 saturated carbocycles. The largest absolute Gasteiger partial charge is 0.396 e. The number of rotatable bonds is 4. The number of amides is 1. The summed E-state index contributed by atoms with van der Waals surface area (Å²) in [6, 6.07) is 1.48. The summed E-state index contributed by atoms with van der Waals surface area (Å²) in [4.78, 5) is 15.5. The van der Waals surface area contributed by atoms with Crippen molar-refractivity contribution in [3.8, 4) is 0 Å². The molecule has 1 atom stereocenters. The molecule has 0 aromatic carbocycles. The van der Waals surface area contributed by atoms with Gasteiger partial charge in [-0.1, -0.05) is 11.6 Å². The van der Waals surface area contributed by atoms with Crippen molar-refractivity contribution in [1.82, 2.24) is 10.3 Å². The number of aliphatic hydroxyl groups excluding tert-OH is 1. The van der Waals surface area contributed by atoms with E-state index >= 15 is 0 Å². The van der Waals surface area contributed by atoms with E-state index in [1.807, 2.05) is 6.92 Å². The second kappa shape index (κ2) is 5.68. The SMILES string of the molecule is CC(CCO)NC(=O)c1cnccc1Cl. The summed E-state index contributed by atoms with van der Waals surface area (Å²) in [6.07, 6.45) is 3.46. The van der Waals surface area contributed by atoms with Crippen LogP contribution >= 0.6 is 11.6 Å². The second-order valence-corrected chi connectivity index (χ2v) is 3.65. The molecular formula is C10H13ClN2O2. The topological polar surface area (TPSA) is 62.2 Å². The first-order valence-corrected chi connectivity index (χ1v) is 5.04. The van der Waals surface area contributed by atoms with Crippen LogP contribution in [-0.2, 0) is 0 Å². The van der Waals surface area contributed by atoms with Crippen LogP contribution in [0.3, 0.4) is 0 Å². The summed E-state index contributed by atoms with van der Waals surface area (Å²) in [6.45, 7) is 1.86. The first-order chi connectivity index (χ1) is 7.15. The van der Waals surface area contributed by atoms with Crippen LogP contribution < -0.4 is 5.32 Å². The molecule has 0 radical (unpaired) electrons. The first-order valence-electron chi connectivity index (χ1n) is 4.66. The quantitative estimate of drug-likeness (QED) is 0.815. The number of carbonyl (C=O) groups excluding carboxylic acids is 1. The molecule has 82 valence electrons. The van der Waals surface area contributed by atoms with Crippen molar-refractivity contribution in [2.45, 2.75) is 19.4 Å². The molecule has 1 aromatic heterocycles.